The van der Waals surface area contributed by atoms with Gasteiger partial charge in [-0.15, -0.1) is 0 Å². The van der Waals surface area contributed by atoms with Gasteiger partial charge in [0.2, 0.25) is 5.88 Å². The molecule has 0 fully saturated rings. The number of unbranched alkanes of at least 4 members (excludes halogenated alkanes) is 2. The Labute approximate surface area is 151 Å². The normalized spacial score (nSPS) is 18.0. The maximum Gasteiger partial charge on any atom is 0.417 e. The standard InChI is InChI=1S/C19H33NO5/c1-7-8-9-10-24-16-15(17(21)22)14(11-13(2)3)12-20(16)18(23)25-19(4,5)6/h13-14H,7-12H2,1-6H3,(H,21,22). The Morgan fingerprint density at radius 3 is 2.40 bits per heavy atom. The van der Waals surface area contributed by atoms with Crippen molar-refractivity contribution in [2.45, 2.75) is 72.8 Å². The second kappa shape index (κ2) is 9.11. The second-order valence-electron chi connectivity index (χ2n) is 8.00. The smallest absolute Gasteiger partial charge is 0.417 e. The molecule has 0 bridgehead atoms. The Morgan fingerprint density at radius 2 is 1.92 bits per heavy atom. The minimum Gasteiger partial charge on any atom is -0.478 e. The number of carbonyl (C=O) groups is 2. The van der Waals surface area contributed by atoms with Crippen molar-refractivity contribution in [3.63, 3.8) is 0 Å². The number of amides is 1. The highest BCUT2D eigenvalue weighted by Crippen LogP contribution is 2.34. The van der Waals surface area contributed by atoms with Crippen molar-refractivity contribution in [2.24, 2.45) is 11.8 Å². The van der Waals surface area contributed by atoms with E-state index in [0.29, 0.717) is 18.9 Å². The molecule has 1 amide bonds. The first-order valence-corrected chi connectivity index (χ1v) is 9.17. The summed E-state index contributed by atoms with van der Waals surface area (Å²) in [4.78, 5) is 25.7. The number of carboxylic acid groups (broad SMARTS) is 1. The van der Waals surface area contributed by atoms with Crippen LogP contribution >= 0.6 is 0 Å². The van der Waals surface area contributed by atoms with Crippen LogP contribution < -0.4 is 0 Å². The molecular weight excluding hydrogens is 322 g/mol. The molecule has 144 valence electrons. The molecule has 1 aliphatic rings. The lowest BCUT2D eigenvalue weighted by molar-refractivity contribution is -0.133. The molecular formula is C19H33NO5. The van der Waals surface area contributed by atoms with E-state index < -0.39 is 17.7 Å². The average Bonchev–Trinajstić information content (AvgIpc) is 2.79. The van der Waals surface area contributed by atoms with Gasteiger partial charge in [0.05, 0.1) is 6.61 Å². The number of rotatable bonds is 8. The van der Waals surface area contributed by atoms with E-state index in [2.05, 4.69) is 6.92 Å². The number of hydrogen-bond acceptors (Lipinski definition) is 4. The van der Waals surface area contributed by atoms with Gasteiger partial charge in [-0.25, -0.2) is 14.5 Å². The first-order chi connectivity index (χ1) is 11.6. The van der Waals surface area contributed by atoms with Crippen LogP contribution in [0.25, 0.3) is 0 Å². The van der Waals surface area contributed by atoms with Crippen LogP contribution in [0.5, 0.6) is 0 Å². The van der Waals surface area contributed by atoms with Crippen LogP contribution in [0, 0.1) is 11.8 Å². The number of ether oxygens (including phenoxy) is 2. The Balaban J connectivity index is 3.07. The molecule has 0 aliphatic carbocycles. The van der Waals surface area contributed by atoms with Crippen molar-refractivity contribution in [3.05, 3.63) is 11.5 Å². The minimum absolute atomic E-state index is 0.156. The molecule has 1 aliphatic heterocycles. The minimum atomic E-state index is -1.03. The largest absolute Gasteiger partial charge is 0.478 e. The van der Waals surface area contributed by atoms with Gasteiger partial charge in [0, 0.05) is 12.5 Å². The molecule has 0 aromatic carbocycles. The van der Waals surface area contributed by atoms with Crippen molar-refractivity contribution in [2.75, 3.05) is 13.2 Å². The van der Waals surface area contributed by atoms with Gasteiger partial charge in [0.15, 0.2) is 0 Å². The molecule has 0 saturated carbocycles. The van der Waals surface area contributed by atoms with E-state index in [0.717, 1.165) is 19.3 Å². The van der Waals surface area contributed by atoms with Crippen molar-refractivity contribution in [1.82, 2.24) is 4.90 Å². The van der Waals surface area contributed by atoms with Crippen LogP contribution in [0.3, 0.4) is 0 Å². The van der Waals surface area contributed by atoms with E-state index in [4.69, 9.17) is 9.47 Å². The van der Waals surface area contributed by atoms with Crippen molar-refractivity contribution >= 4 is 12.1 Å². The molecule has 1 atom stereocenters. The first-order valence-electron chi connectivity index (χ1n) is 9.17. The molecule has 0 spiro atoms. The summed E-state index contributed by atoms with van der Waals surface area (Å²) in [6, 6.07) is 0. The molecule has 0 saturated heterocycles. The Morgan fingerprint density at radius 1 is 1.28 bits per heavy atom. The van der Waals surface area contributed by atoms with Crippen LogP contribution in [0.4, 0.5) is 4.79 Å². The zero-order valence-electron chi connectivity index (χ0n) is 16.4. The van der Waals surface area contributed by atoms with Gasteiger partial charge in [-0.2, -0.15) is 0 Å². The highest BCUT2D eigenvalue weighted by atomic mass is 16.6. The Bertz CT molecular complexity index is 504. The van der Waals surface area contributed by atoms with Crippen molar-refractivity contribution < 1.29 is 24.2 Å². The Kier molecular flexibility index (Phi) is 7.77. The quantitative estimate of drug-likeness (QED) is 0.653. The van der Waals surface area contributed by atoms with E-state index in [9.17, 15) is 14.7 Å². The van der Waals surface area contributed by atoms with Crippen LogP contribution in [-0.4, -0.2) is 40.8 Å². The monoisotopic (exact) mass is 355 g/mol. The predicted octanol–water partition coefficient (Wildman–Crippen LogP) is 4.40. The second-order valence-corrected chi connectivity index (χ2v) is 8.00. The Hall–Kier alpha value is -1.72. The third-order valence-electron chi connectivity index (χ3n) is 3.87. The van der Waals surface area contributed by atoms with E-state index in [1.165, 1.54) is 4.90 Å². The van der Waals surface area contributed by atoms with Crippen LogP contribution in [0.15, 0.2) is 11.5 Å². The highest BCUT2D eigenvalue weighted by Gasteiger charge is 2.41. The van der Waals surface area contributed by atoms with Gasteiger partial charge in [-0.3, -0.25) is 0 Å². The fraction of sp³-hybridized carbons (Fsp3) is 0.789. The average molecular weight is 355 g/mol. The predicted molar refractivity (Wildman–Crippen MR) is 96.0 cm³/mol. The number of carbonyl (C=O) groups excluding carboxylic acids is 1. The fourth-order valence-electron chi connectivity index (χ4n) is 2.89. The van der Waals surface area contributed by atoms with Gasteiger partial charge in [0.25, 0.3) is 0 Å². The van der Waals surface area contributed by atoms with E-state index >= 15 is 0 Å². The van der Waals surface area contributed by atoms with Gasteiger partial charge in [-0.1, -0.05) is 33.6 Å². The molecule has 1 rings (SSSR count). The number of hydrogen-bond donors (Lipinski definition) is 1. The number of nitrogens with zero attached hydrogens (tertiary/aromatic N) is 1. The number of carboxylic acids is 1. The SMILES string of the molecule is CCCCCOC1=C(C(=O)O)C(CC(C)C)CN1C(=O)OC(C)(C)C. The molecule has 6 nitrogen and oxygen atoms in total. The summed E-state index contributed by atoms with van der Waals surface area (Å²) in [5.74, 6) is -0.795. The van der Waals surface area contributed by atoms with Crippen molar-refractivity contribution in [1.29, 1.82) is 0 Å². The summed E-state index contributed by atoms with van der Waals surface area (Å²) in [6.07, 6.45) is 2.99. The molecule has 25 heavy (non-hydrogen) atoms. The summed E-state index contributed by atoms with van der Waals surface area (Å²) >= 11 is 0. The summed E-state index contributed by atoms with van der Waals surface area (Å²) in [5.41, 5.74) is -0.458. The molecule has 1 N–H and O–H groups in total. The molecule has 1 heterocycles. The molecule has 0 radical (unpaired) electrons. The van der Waals surface area contributed by atoms with Crippen LogP contribution in [0.1, 0.15) is 67.2 Å². The van der Waals surface area contributed by atoms with Gasteiger partial charge < -0.3 is 14.6 Å². The summed E-state index contributed by atoms with van der Waals surface area (Å²) in [5, 5.41) is 9.69. The fourth-order valence-corrected chi connectivity index (χ4v) is 2.89. The lowest BCUT2D eigenvalue weighted by Gasteiger charge is -2.26. The lowest BCUT2D eigenvalue weighted by Crippen LogP contribution is -2.36. The third-order valence-corrected chi connectivity index (χ3v) is 3.87. The lowest BCUT2D eigenvalue weighted by atomic mass is 9.92. The highest BCUT2D eigenvalue weighted by molar-refractivity contribution is 5.90. The van der Waals surface area contributed by atoms with E-state index in [1.54, 1.807) is 20.8 Å². The summed E-state index contributed by atoms with van der Waals surface area (Å²) in [6.45, 7) is 12.2. The topological polar surface area (TPSA) is 76.1 Å². The molecule has 0 aromatic rings. The maximum absolute atomic E-state index is 12.6. The molecule has 0 aromatic heterocycles. The molecule has 6 heteroatoms. The van der Waals surface area contributed by atoms with Gasteiger partial charge >= 0.3 is 12.1 Å². The summed E-state index contributed by atoms with van der Waals surface area (Å²) < 4.78 is 11.2. The third kappa shape index (κ3) is 6.59. The summed E-state index contributed by atoms with van der Waals surface area (Å²) in [7, 11) is 0. The first kappa shape index (κ1) is 21.3. The van der Waals surface area contributed by atoms with E-state index in [1.807, 2.05) is 13.8 Å². The van der Waals surface area contributed by atoms with Gasteiger partial charge in [0.1, 0.15) is 11.2 Å². The van der Waals surface area contributed by atoms with E-state index in [-0.39, 0.29) is 23.9 Å². The van der Waals surface area contributed by atoms with Crippen molar-refractivity contribution in [3.8, 4) is 0 Å². The van der Waals surface area contributed by atoms with Gasteiger partial charge in [-0.05, 0) is 39.5 Å². The molecule has 1 unspecified atom stereocenters. The maximum atomic E-state index is 12.6. The van der Waals surface area contributed by atoms with Crippen LogP contribution in [-0.2, 0) is 14.3 Å². The zero-order chi connectivity index (χ0) is 19.2. The van der Waals surface area contributed by atoms with Crippen LogP contribution in [0.2, 0.25) is 0 Å². The number of aliphatic carboxylic acids is 1. The zero-order valence-corrected chi connectivity index (χ0v) is 16.4.